The van der Waals surface area contributed by atoms with Crippen molar-refractivity contribution in [2.24, 2.45) is 0 Å². The van der Waals surface area contributed by atoms with Crippen LogP contribution < -0.4 is 10.1 Å². The number of nitrogens with one attached hydrogen (secondary N) is 1. The molecular weight excluding hydrogens is 343 g/mol. The van der Waals surface area contributed by atoms with Gasteiger partial charge >= 0.3 is 18.3 Å². The van der Waals surface area contributed by atoms with Gasteiger partial charge in [0.05, 0.1) is 13.2 Å². The maximum absolute atomic E-state index is 12.1. The predicted molar refractivity (Wildman–Crippen MR) is 82.7 cm³/mol. The molecule has 1 aromatic rings. The molecule has 6 nitrogen and oxygen atoms in total. The zero-order valence-corrected chi connectivity index (χ0v) is 13.9. The Bertz CT molecular complexity index is 618. The van der Waals surface area contributed by atoms with Gasteiger partial charge in [0, 0.05) is 11.4 Å². The number of esters is 2. The molecule has 0 unspecified atom stereocenters. The van der Waals surface area contributed by atoms with E-state index in [0.717, 1.165) is 12.1 Å². The summed E-state index contributed by atoms with van der Waals surface area (Å²) in [6, 6.07) is 4.80. The number of rotatable bonds is 7. The minimum absolute atomic E-state index is 0.0680. The van der Waals surface area contributed by atoms with E-state index in [0.29, 0.717) is 5.69 Å². The molecule has 0 radical (unpaired) electrons. The van der Waals surface area contributed by atoms with E-state index in [1.165, 1.54) is 19.1 Å². The summed E-state index contributed by atoms with van der Waals surface area (Å²) in [6.45, 7) is 4.76. The first-order chi connectivity index (χ1) is 11.7. The molecule has 0 atom stereocenters. The molecule has 0 bridgehead atoms. The highest BCUT2D eigenvalue weighted by molar-refractivity contribution is 6.15. The third kappa shape index (κ3) is 6.74. The first-order valence-electron chi connectivity index (χ1n) is 7.35. The lowest BCUT2D eigenvalue weighted by molar-refractivity contribution is -0.274. The van der Waals surface area contributed by atoms with Crippen molar-refractivity contribution < 1.29 is 37.0 Å². The quantitative estimate of drug-likeness (QED) is 0.347. The number of anilines is 1. The molecule has 1 N–H and O–H groups in total. The summed E-state index contributed by atoms with van der Waals surface area (Å²) in [5.74, 6) is -2.11. The van der Waals surface area contributed by atoms with Gasteiger partial charge in [-0.1, -0.05) is 0 Å². The number of allylic oxidation sites excluding steroid dienone is 1. The molecule has 0 saturated heterocycles. The monoisotopic (exact) mass is 361 g/mol. The zero-order chi connectivity index (χ0) is 19.0. The Balaban J connectivity index is 3.00. The van der Waals surface area contributed by atoms with Gasteiger partial charge in [0.15, 0.2) is 5.57 Å². The Morgan fingerprint density at radius 3 is 1.88 bits per heavy atom. The summed E-state index contributed by atoms with van der Waals surface area (Å²) >= 11 is 0. The zero-order valence-electron chi connectivity index (χ0n) is 13.9. The van der Waals surface area contributed by atoms with Gasteiger partial charge in [-0.05, 0) is 45.0 Å². The number of hydrogen-bond donors (Lipinski definition) is 1. The molecule has 0 fully saturated rings. The average molecular weight is 361 g/mol. The Labute approximate surface area is 142 Å². The minimum Gasteiger partial charge on any atom is -0.462 e. The fourth-order valence-electron chi connectivity index (χ4n) is 1.81. The molecule has 9 heteroatoms. The Kier molecular flexibility index (Phi) is 7.28. The lowest BCUT2D eigenvalue weighted by atomic mass is 10.2. The molecule has 0 aliphatic rings. The molecule has 1 aromatic carbocycles. The van der Waals surface area contributed by atoms with Crippen LogP contribution in [0.1, 0.15) is 20.8 Å². The van der Waals surface area contributed by atoms with Gasteiger partial charge in [-0.15, -0.1) is 13.2 Å². The lowest BCUT2D eigenvalue weighted by Crippen LogP contribution is -2.22. The minimum atomic E-state index is -4.79. The second-order valence-corrected chi connectivity index (χ2v) is 4.64. The van der Waals surface area contributed by atoms with Gasteiger partial charge in [0.2, 0.25) is 0 Å². The smallest absolute Gasteiger partial charge is 0.462 e. The van der Waals surface area contributed by atoms with Crippen molar-refractivity contribution in [2.45, 2.75) is 27.1 Å². The van der Waals surface area contributed by atoms with Crippen LogP contribution in [-0.4, -0.2) is 31.5 Å². The molecule has 138 valence electrons. The van der Waals surface area contributed by atoms with Crippen molar-refractivity contribution in [3.8, 4) is 5.75 Å². The van der Waals surface area contributed by atoms with Crippen LogP contribution >= 0.6 is 0 Å². The summed E-state index contributed by atoms with van der Waals surface area (Å²) in [5, 5.41) is 2.75. The second-order valence-electron chi connectivity index (χ2n) is 4.64. The lowest BCUT2D eigenvalue weighted by Gasteiger charge is -2.13. The third-order valence-electron chi connectivity index (χ3n) is 2.75. The van der Waals surface area contributed by atoms with E-state index < -0.39 is 24.1 Å². The van der Waals surface area contributed by atoms with E-state index in [1.54, 1.807) is 13.8 Å². The highest BCUT2D eigenvalue weighted by atomic mass is 19.4. The number of carbonyl (C=O) groups excluding carboxylic acids is 2. The fraction of sp³-hybridized carbons (Fsp3) is 0.375. The Morgan fingerprint density at radius 2 is 1.48 bits per heavy atom. The van der Waals surface area contributed by atoms with Crippen LogP contribution in [0.4, 0.5) is 18.9 Å². The maximum Gasteiger partial charge on any atom is 0.573 e. The number of benzene rings is 1. The normalized spacial score (nSPS) is 10.6. The van der Waals surface area contributed by atoms with Crippen LogP contribution in [0.3, 0.4) is 0 Å². The van der Waals surface area contributed by atoms with Crippen molar-refractivity contribution in [1.29, 1.82) is 0 Å². The number of ether oxygens (including phenoxy) is 3. The third-order valence-corrected chi connectivity index (χ3v) is 2.75. The molecule has 0 amide bonds. The summed E-state index contributed by atoms with van der Waals surface area (Å²) < 4.78 is 49.8. The van der Waals surface area contributed by atoms with Gasteiger partial charge in [-0.25, -0.2) is 9.59 Å². The summed E-state index contributed by atoms with van der Waals surface area (Å²) in [6.07, 6.45) is -4.79. The van der Waals surface area contributed by atoms with Crippen LogP contribution in [0, 0.1) is 0 Å². The fourth-order valence-corrected chi connectivity index (χ4v) is 1.81. The van der Waals surface area contributed by atoms with E-state index in [9.17, 15) is 22.8 Å². The van der Waals surface area contributed by atoms with Crippen molar-refractivity contribution in [1.82, 2.24) is 0 Å². The highest BCUT2D eigenvalue weighted by Gasteiger charge is 2.31. The van der Waals surface area contributed by atoms with E-state index in [1.807, 2.05) is 0 Å². The summed E-state index contributed by atoms with van der Waals surface area (Å²) in [4.78, 5) is 23.9. The van der Waals surface area contributed by atoms with Crippen molar-refractivity contribution in [3.05, 3.63) is 35.5 Å². The Morgan fingerprint density at radius 1 is 1.00 bits per heavy atom. The number of carbonyl (C=O) groups is 2. The molecule has 0 spiro atoms. The van der Waals surface area contributed by atoms with E-state index in [-0.39, 0.29) is 24.5 Å². The number of hydrogen-bond acceptors (Lipinski definition) is 6. The Hall–Kier alpha value is -2.71. The molecule has 0 aliphatic carbocycles. The maximum atomic E-state index is 12.1. The van der Waals surface area contributed by atoms with Crippen LogP contribution in [0.2, 0.25) is 0 Å². The molecule has 1 rings (SSSR count). The average Bonchev–Trinajstić information content (AvgIpc) is 2.48. The largest absolute Gasteiger partial charge is 0.573 e. The molecule has 0 heterocycles. The van der Waals surface area contributed by atoms with Crippen molar-refractivity contribution in [2.75, 3.05) is 18.5 Å². The molecular formula is C16H18F3NO5. The molecule has 0 saturated carbocycles. The van der Waals surface area contributed by atoms with E-state index >= 15 is 0 Å². The molecule has 0 aromatic heterocycles. The van der Waals surface area contributed by atoms with Crippen molar-refractivity contribution >= 4 is 17.6 Å². The van der Waals surface area contributed by atoms with Gasteiger partial charge in [0.1, 0.15) is 5.75 Å². The van der Waals surface area contributed by atoms with Crippen molar-refractivity contribution in [3.63, 3.8) is 0 Å². The standard InChI is InChI=1S/C16H18F3NO5/c1-4-23-14(21)13(15(22)24-5-2)10(3)20-11-6-8-12(9-7-11)25-16(17,18)19/h6-9,20H,4-5H2,1-3H3. The van der Waals surface area contributed by atoms with E-state index in [4.69, 9.17) is 9.47 Å². The predicted octanol–water partition coefficient (Wildman–Crippen LogP) is 3.40. The van der Waals surface area contributed by atoms with Gasteiger partial charge in [-0.2, -0.15) is 0 Å². The van der Waals surface area contributed by atoms with Gasteiger partial charge < -0.3 is 19.5 Å². The SMILES string of the molecule is CCOC(=O)C(C(=O)OCC)=C(C)Nc1ccc(OC(F)(F)F)cc1. The number of alkyl halides is 3. The van der Waals surface area contributed by atoms with Gasteiger partial charge in [0.25, 0.3) is 0 Å². The molecule has 0 aliphatic heterocycles. The van der Waals surface area contributed by atoms with Crippen LogP contribution in [-0.2, 0) is 19.1 Å². The summed E-state index contributed by atoms with van der Waals surface area (Å²) in [7, 11) is 0. The molecule has 25 heavy (non-hydrogen) atoms. The summed E-state index contributed by atoms with van der Waals surface area (Å²) in [5.41, 5.74) is 0.166. The second kappa shape index (κ2) is 8.95. The number of halogens is 3. The van der Waals surface area contributed by atoms with Crippen LogP contribution in [0.5, 0.6) is 5.75 Å². The van der Waals surface area contributed by atoms with E-state index in [2.05, 4.69) is 10.1 Å². The first-order valence-corrected chi connectivity index (χ1v) is 7.35. The topological polar surface area (TPSA) is 73.9 Å². The first kappa shape index (κ1) is 20.3. The van der Waals surface area contributed by atoms with Crippen LogP contribution in [0.25, 0.3) is 0 Å². The highest BCUT2D eigenvalue weighted by Crippen LogP contribution is 2.24. The van der Waals surface area contributed by atoms with Crippen LogP contribution in [0.15, 0.2) is 35.5 Å². The van der Waals surface area contributed by atoms with Gasteiger partial charge in [-0.3, -0.25) is 0 Å².